The summed E-state index contributed by atoms with van der Waals surface area (Å²) in [5.74, 6) is 1.66. The van der Waals surface area contributed by atoms with E-state index in [1.807, 2.05) is 50.2 Å². The molecular formula is C33H38N4O6S2. The van der Waals surface area contributed by atoms with Crippen LogP contribution >= 0.6 is 23.1 Å². The molecule has 0 unspecified atom stereocenters. The highest BCUT2D eigenvalue weighted by molar-refractivity contribution is 7.99. The maximum Gasteiger partial charge on any atom is 0.267 e. The SMILES string of the molecule is CCOc1cc(N2CCOCC2)c(OCC)cc1NC(=O)CSc1nc2sc3c(c2c(=O)n1-c1cccc(OC)c1)CCCC3. The van der Waals surface area contributed by atoms with E-state index in [0.29, 0.717) is 65.6 Å². The van der Waals surface area contributed by atoms with Gasteiger partial charge < -0.3 is 29.2 Å². The van der Waals surface area contributed by atoms with E-state index in [9.17, 15) is 9.59 Å². The molecule has 0 bridgehead atoms. The predicted octanol–water partition coefficient (Wildman–Crippen LogP) is 5.70. The van der Waals surface area contributed by atoms with E-state index in [1.165, 1.54) is 16.6 Å². The van der Waals surface area contributed by atoms with Crippen LogP contribution in [0.15, 0.2) is 46.3 Å². The second kappa shape index (κ2) is 14.1. The Morgan fingerprint density at radius 2 is 1.84 bits per heavy atom. The van der Waals surface area contributed by atoms with Gasteiger partial charge in [0.15, 0.2) is 5.16 Å². The largest absolute Gasteiger partial charge is 0.497 e. The first-order valence-corrected chi connectivity index (χ1v) is 17.2. The van der Waals surface area contributed by atoms with Gasteiger partial charge in [-0.25, -0.2) is 4.98 Å². The van der Waals surface area contributed by atoms with Crippen LogP contribution in [0, 0.1) is 0 Å². The molecule has 0 saturated carbocycles. The van der Waals surface area contributed by atoms with Crippen molar-refractivity contribution in [2.75, 3.05) is 62.6 Å². The van der Waals surface area contributed by atoms with Gasteiger partial charge in [0.25, 0.3) is 5.56 Å². The van der Waals surface area contributed by atoms with Crippen LogP contribution in [0.25, 0.3) is 15.9 Å². The van der Waals surface area contributed by atoms with Crippen LogP contribution in [0.3, 0.4) is 0 Å². The molecule has 4 aromatic rings. The number of hydrogen-bond donors (Lipinski definition) is 1. The Hall–Kier alpha value is -3.74. The molecule has 10 nitrogen and oxygen atoms in total. The number of aryl methyl sites for hydroxylation is 2. The van der Waals surface area contributed by atoms with E-state index in [0.717, 1.165) is 54.9 Å². The number of thioether (sulfide) groups is 1. The van der Waals surface area contributed by atoms with Crippen molar-refractivity contribution in [3.8, 4) is 22.9 Å². The molecule has 6 rings (SSSR count). The molecule has 12 heteroatoms. The third-order valence-corrected chi connectivity index (χ3v) is 10.0. The standard InChI is InChI=1S/C33H38N4O6S2/c1-4-42-26-19-25(36-13-15-41-16-14-36)27(43-5-2)18-24(26)34-29(38)20-44-33-35-31-30(23-11-6-7-12-28(23)45-31)32(39)37(33)21-9-8-10-22(17-21)40-3/h8-10,17-19H,4-7,11-16,20H2,1-3H3,(H,34,38). The number of thiophene rings is 1. The first-order valence-electron chi connectivity index (χ1n) is 15.4. The molecule has 2 aliphatic rings. The number of nitrogens with zero attached hydrogens (tertiary/aromatic N) is 3. The molecule has 1 N–H and O–H groups in total. The highest BCUT2D eigenvalue weighted by Crippen LogP contribution is 2.40. The van der Waals surface area contributed by atoms with E-state index in [1.54, 1.807) is 23.0 Å². The highest BCUT2D eigenvalue weighted by Gasteiger charge is 2.24. The number of ether oxygens (including phenoxy) is 4. The highest BCUT2D eigenvalue weighted by atomic mass is 32.2. The van der Waals surface area contributed by atoms with Crippen molar-refractivity contribution in [1.82, 2.24) is 9.55 Å². The van der Waals surface area contributed by atoms with Crippen molar-refractivity contribution in [1.29, 1.82) is 0 Å². The van der Waals surface area contributed by atoms with Crippen molar-refractivity contribution < 1.29 is 23.7 Å². The fourth-order valence-corrected chi connectivity index (χ4v) is 7.94. The zero-order valence-electron chi connectivity index (χ0n) is 25.8. The maximum atomic E-state index is 14.1. The third kappa shape index (κ3) is 6.63. The van der Waals surface area contributed by atoms with E-state index >= 15 is 0 Å². The lowest BCUT2D eigenvalue weighted by atomic mass is 9.97. The van der Waals surface area contributed by atoms with E-state index < -0.39 is 0 Å². The van der Waals surface area contributed by atoms with Gasteiger partial charge in [-0.2, -0.15) is 0 Å². The van der Waals surface area contributed by atoms with Crippen LogP contribution in [0.4, 0.5) is 11.4 Å². The fourth-order valence-electron chi connectivity index (χ4n) is 5.82. The molecule has 238 valence electrons. The van der Waals surface area contributed by atoms with Gasteiger partial charge in [-0.15, -0.1) is 11.3 Å². The second-order valence-electron chi connectivity index (χ2n) is 10.7. The Morgan fingerprint density at radius 3 is 2.62 bits per heavy atom. The number of anilines is 2. The number of aromatic nitrogens is 2. The van der Waals surface area contributed by atoms with Crippen molar-refractivity contribution in [2.45, 2.75) is 44.7 Å². The van der Waals surface area contributed by atoms with Crippen LogP contribution in [0.5, 0.6) is 17.2 Å². The minimum atomic E-state index is -0.250. The smallest absolute Gasteiger partial charge is 0.267 e. The molecular weight excluding hydrogens is 613 g/mol. The second-order valence-corrected chi connectivity index (χ2v) is 12.8. The third-order valence-electron chi connectivity index (χ3n) is 7.89. The number of carbonyl (C=O) groups is 1. The summed E-state index contributed by atoms with van der Waals surface area (Å²) in [6.45, 7) is 7.53. The number of fused-ring (bicyclic) bond motifs is 3. The van der Waals surface area contributed by atoms with Crippen molar-refractivity contribution in [2.24, 2.45) is 0 Å². The molecule has 2 aromatic carbocycles. The number of methoxy groups -OCH3 is 1. The normalized spacial score (nSPS) is 14.7. The quantitative estimate of drug-likeness (QED) is 0.162. The van der Waals surface area contributed by atoms with Crippen LogP contribution in [-0.4, -0.2) is 67.8 Å². The molecule has 1 aliphatic heterocycles. The first kappa shape index (κ1) is 31.3. The summed E-state index contributed by atoms with van der Waals surface area (Å²) < 4.78 is 24.6. The number of rotatable bonds is 11. The van der Waals surface area contributed by atoms with Gasteiger partial charge in [0.05, 0.1) is 61.7 Å². The summed E-state index contributed by atoms with van der Waals surface area (Å²) in [7, 11) is 1.60. The first-order chi connectivity index (χ1) is 22.0. The predicted molar refractivity (Wildman–Crippen MR) is 180 cm³/mol. The lowest BCUT2D eigenvalue weighted by Crippen LogP contribution is -2.36. The topological polar surface area (TPSA) is 104 Å². The van der Waals surface area contributed by atoms with Crippen LogP contribution in [0.1, 0.15) is 37.1 Å². The summed E-state index contributed by atoms with van der Waals surface area (Å²) in [6, 6.07) is 11.1. The van der Waals surface area contributed by atoms with E-state index in [-0.39, 0.29) is 17.2 Å². The molecule has 0 atom stereocenters. The zero-order chi connectivity index (χ0) is 31.3. The molecule has 0 radical (unpaired) electrons. The molecule has 1 fully saturated rings. The monoisotopic (exact) mass is 650 g/mol. The number of carbonyl (C=O) groups excluding carboxylic acids is 1. The van der Waals surface area contributed by atoms with Crippen molar-refractivity contribution >= 4 is 50.6 Å². The number of morpholine rings is 1. The molecule has 1 aliphatic carbocycles. The van der Waals surface area contributed by atoms with Gasteiger partial charge >= 0.3 is 0 Å². The molecule has 0 spiro atoms. The number of nitrogens with one attached hydrogen (secondary N) is 1. The van der Waals surface area contributed by atoms with Gasteiger partial charge in [0.2, 0.25) is 5.91 Å². The van der Waals surface area contributed by atoms with Crippen LogP contribution in [0.2, 0.25) is 0 Å². The molecule has 1 amide bonds. The van der Waals surface area contributed by atoms with Gasteiger partial charge in [0, 0.05) is 36.2 Å². The Morgan fingerprint density at radius 1 is 1.07 bits per heavy atom. The lowest BCUT2D eigenvalue weighted by molar-refractivity contribution is -0.113. The summed E-state index contributed by atoms with van der Waals surface area (Å²) in [5, 5.41) is 4.17. The fraction of sp³-hybridized carbons (Fsp3) is 0.424. The average molecular weight is 651 g/mol. The van der Waals surface area contributed by atoms with Gasteiger partial charge in [-0.05, 0) is 57.2 Å². The van der Waals surface area contributed by atoms with E-state index in [4.69, 9.17) is 23.9 Å². The zero-order valence-corrected chi connectivity index (χ0v) is 27.5. The Bertz CT molecular complexity index is 1750. The summed E-state index contributed by atoms with van der Waals surface area (Å²) in [6.07, 6.45) is 4.04. The average Bonchev–Trinajstić information content (AvgIpc) is 3.44. The Balaban J connectivity index is 1.31. The van der Waals surface area contributed by atoms with Crippen LogP contribution < -0.4 is 30.0 Å². The molecule has 3 heterocycles. The van der Waals surface area contributed by atoms with Gasteiger partial charge in [-0.3, -0.25) is 14.2 Å². The minimum Gasteiger partial charge on any atom is -0.497 e. The van der Waals surface area contributed by atoms with Crippen LogP contribution in [-0.2, 0) is 22.4 Å². The lowest BCUT2D eigenvalue weighted by Gasteiger charge is -2.31. The number of hydrogen-bond acceptors (Lipinski definition) is 10. The maximum absolute atomic E-state index is 14.1. The Labute approximate surface area is 270 Å². The Kier molecular flexibility index (Phi) is 9.82. The molecule has 45 heavy (non-hydrogen) atoms. The molecule has 1 saturated heterocycles. The summed E-state index contributed by atoms with van der Waals surface area (Å²) in [5.41, 5.74) is 3.09. The molecule has 2 aromatic heterocycles. The minimum absolute atomic E-state index is 0.0355. The van der Waals surface area contributed by atoms with Crippen molar-refractivity contribution in [3.63, 3.8) is 0 Å². The van der Waals surface area contributed by atoms with E-state index in [2.05, 4.69) is 10.2 Å². The summed E-state index contributed by atoms with van der Waals surface area (Å²) >= 11 is 2.83. The van der Waals surface area contributed by atoms with Gasteiger partial charge in [-0.1, -0.05) is 17.8 Å². The number of benzene rings is 2. The summed E-state index contributed by atoms with van der Waals surface area (Å²) in [4.78, 5) is 36.7. The number of amides is 1. The van der Waals surface area contributed by atoms with Gasteiger partial charge in [0.1, 0.15) is 22.1 Å². The van der Waals surface area contributed by atoms with Crippen molar-refractivity contribution in [3.05, 3.63) is 57.2 Å².